The molecule has 0 radical (unpaired) electrons. The molecule has 0 spiro atoms. The Morgan fingerprint density at radius 1 is 1.17 bits per heavy atom. The van der Waals surface area contributed by atoms with E-state index in [0.29, 0.717) is 0 Å². The summed E-state index contributed by atoms with van der Waals surface area (Å²) >= 11 is 1.49. The number of benzene rings is 1. The minimum atomic E-state index is -2.36. The molecule has 0 atom stereocenters. The molecular formula is C9H6F2S. The monoisotopic (exact) mass is 184 g/mol. The van der Waals surface area contributed by atoms with Crippen molar-refractivity contribution in [3.63, 3.8) is 0 Å². The first-order valence-corrected chi connectivity index (χ1v) is 4.40. The summed E-state index contributed by atoms with van der Waals surface area (Å²) < 4.78 is 25.3. The van der Waals surface area contributed by atoms with Crippen LogP contribution in [0.5, 0.6) is 0 Å². The molecule has 2 rings (SSSR count). The third-order valence-electron chi connectivity index (χ3n) is 1.73. The van der Waals surface area contributed by atoms with Gasteiger partial charge in [-0.2, -0.15) is 0 Å². The van der Waals surface area contributed by atoms with Crippen LogP contribution in [-0.2, 0) is 0 Å². The SMILES string of the molecule is FC(F)c1ccc2ccsc2c1. The van der Waals surface area contributed by atoms with Crippen LogP contribution >= 0.6 is 11.3 Å². The molecule has 3 heteroatoms. The Kier molecular flexibility index (Phi) is 1.81. The van der Waals surface area contributed by atoms with Crippen LogP contribution in [0.25, 0.3) is 10.1 Å². The molecule has 1 aromatic heterocycles. The van der Waals surface area contributed by atoms with Crippen LogP contribution in [0.3, 0.4) is 0 Å². The van der Waals surface area contributed by atoms with Crippen LogP contribution in [0.1, 0.15) is 12.0 Å². The number of alkyl halides is 2. The second-order valence-corrected chi connectivity index (χ2v) is 3.47. The van der Waals surface area contributed by atoms with Gasteiger partial charge in [-0.1, -0.05) is 12.1 Å². The largest absolute Gasteiger partial charge is 0.263 e. The van der Waals surface area contributed by atoms with E-state index in [4.69, 9.17) is 0 Å². The molecular weight excluding hydrogens is 178 g/mol. The zero-order valence-corrected chi connectivity index (χ0v) is 6.94. The number of thiophene rings is 1. The highest BCUT2D eigenvalue weighted by Gasteiger charge is 2.06. The molecule has 12 heavy (non-hydrogen) atoms. The highest BCUT2D eigenvalue weighted by Crippen LogP contribution is 2.26. The highest BCUT2D eigenvalue weighted by molar-refractivity contribution is 7.17. The summed E-state index contributed by atoms with van der Waals surface area (Å²) in [5.41, 5.74) is 0.102. The van der Waals surface area contributed by atoms with E-state index in [1.807, 2.05) is 11.4 Å². The van der Waals surface area contributed by atoms with Gasteiger partial charge in [-0.05, 0) is 22.9 Å². The van der Waals surface area contributed by atoms with Crippen LogP contribution in [0.15, 0.2) is 29.6 Å². The average molecular weight is 184 g/mol. The Hall–Kier alpha value is -0.960. The van der Waals surface area contributed by atoms with Crippen LogP contribution < -0.4 is 0 Å². The first-order chi connectivity index (χ1) is 5.77. The second kappa shape index (κ2) is 2.83. The lowest BCUT2D eigenvalue weighted by Crippen LogP contribution is -1.80. The van der Waals surface area contributed by atoms with Gasteiger partial charge in [0.15, 0.2) is 0 Å². The number of rotatable bonds is 1. The van der Waals surface area contributed by atoms with Crippen LogP contribution in [-0.4, -0.2) is 0 Å². The van der Waals surface area contributed by atoms with Gasteiger partial charge in [-0.3, -0.25) is 0 Å². The van der Waals surface area contributed by atoms with Crippen molar-refractivity contribution >= 4 is 21.4 Å². The second-order valence-electron chi connectivity index (χ2n) is 2.52. The summed E-state index contributed by atoms with van der Waals surface area (Å²) in [7, 11) is 0. The summed E-state index contributed by atoms with van der Waals surface area (Å²) in [6.45, 7) is 0. The van der Waals surface area contributed by atoms with Gasteiger partial charge in [0.25, 0.3) is 6.43 Å². The minimum absolute atomic E-state index is 0.102. The van der Waals surface area contributed by atoms with Gasteiger partial charge in [0.1, 0.15) is 0 Å². The molecule has 0 aliphatic heterocycles. The maximum atomic E-state index is 12.2. The number of fused-ring (bicyclic) bond motifs is 1. The van der Waals surface area contributed by atoms with Crippen molar-refractivity contribution in [1.29, 1.82) is 0 Å². The first kappa shape index (κ1) is 7.68. The molecule has 0 bridgehead atoms. The van der Waals surface area contributed by atoms with E-state index in [9.17, 15) is 8.78 Å². The van der Waals surface area contributed by atoms with E-state index < -0.39 is 6.43 Å². The molecule has 0 saturated heterocycles. The average Bonchev–Trinajstić information content (AvgIpc) is 2.49. The predicted molar refractivity (Wildman–Crippen MR) is 46.8 cm³/mol. The topological polar surface area (TPSA) is 0 Å². The Morgan fingerprint density at radius 3 is 2.75 bits per heavy atom. The molecule has 0 saturated carbocycles. The fourth-order valence-electron chi connectivity index (χ4n) is 1.11. The van der Waals surface area contributed by atoms with Crippen LogP contribution in [0, 0.1) is 0 Å². The van der Waals surface area contributed by atoms with E-state index in [1.165, 1.54) is 17.4 Å². The van der Waals surface area contributed by atoms with Crippen molar-refractivity contribution in [3.05, 3.63) is 35.2 Å². The number of hydrogen-bond donors (Lipinski definition) is 0. The molecule has 62 valence electrons. The summed E-state index contributed by atoms with van der Waals surface area (Å²) in [4.78, 5) is 0. The van der Waals surface area contributed by atoms with Crippen LogP contribution in [0.4, 0.5) is 8.78 Å². The van der Waals surface area contributed by atoms with E-state index in [0.717, 1.165) is 10.1 Å². The molecule has 0 unspecified atom stereocenters. The molecule has 0 aliphatic rings. The summed E-state index contributed by atoms with van der Waals surface area (Å²) in [6, 6.07) is 6.67. The third kappa shape index (κ3) is 1.20. The summed E-state index contributed by atoms with van der Waals surface area (Å²) in [6.07, 6.45) is -2.36. The van der Waals surface area contributed by atoms with Gasteiger partial charge in [-0.15, -0.1) is 11.3 Å². The third-order valence-corrected chi connectivity index (χ3v) is 2.61. The lowest BCUT2D eigenvalue weighted by Gasteiger charge is -1.97. The van der Waals surface area contributed by atoms with Gasteiger partial charge >= 0.3 is 0 Å². The lowest BCUT2D eigenvalue weighted by molar-refractivity contribution is 0.151. The minimum Gasteiger partial charge on any atom is -0.205 e. The predicted octanol–water partition coefficient (Wildman–Crippen LogP) is 3.84. The Balaban J connectivity index is 2.60. The van der Waals surface area contributed by atoms with E-state index >= 15 is 0 Å². The molecule has 0 N–H and O–H groups in total. The molecule has 1 aromatic carbocycles. The molecule has 0 amide bonds. The Labute approximate surface area is 72.4 Å². The van der Waals surface area contributed by atoms with E-state index in [2.05, 4.69) is 0 Å². The smallest absolute Gasteiger partial charge is 0.205 e. The Bertz CT molecular complexity index is 392. The van der Waals surface area contributed by atoms with Gasteiger partial charge in [0.05, 0.1) is 0 Å². The summed E-state index contributed by atoms with van der Waals surface area (Å²) in [5, 5.41) is 2.93. The molecule has 0 aliphatic carbocycles. The fraction of sp³-hybridized carbons (Fsp3) is 0.111. The molecule has 1 heterocycles. The van der Waals surface area contributed by atoms with Crippen molar-refractivity contribution in [1.82, 2.24) is 0 Å². The fourth-order valence-corrected chi connectivity index (χ4v) is 1.94. The van der Waals surface area contributed by atoms with Gasteiger partial charge in [0.2, 0.25) is 0 Å². The normalized spacial score (nSPS) is 11.2. The Morgan fingerprint density at radius 2 is 2.00 bits per heavy atom. The molecule has 0 fully saturated rings. The summed E-state index contributed by atoms with van der Waals surface area (Å²) in [5.74, 6) is 0. The first-order valence-electron chi connectivity index (χ1n) is 3.52. The van der Waals surface area contributed by atoms with Gasteiger partial charge in [0, 0.05) is 10.3 Å². The van der Waals surface area contributed by atoms with E-state index in [-0.39, 0.29) is 5.56 Å². The lowest BCUT2D eigenvalue weighted by atomic mass is 10.2. The van der Waals surface area contributed by atoms with Crippen molar-refractivity contribution in [2.24, 2.45) is 0 Å². The standard InChI is InChI=1S/C9H6F2S/c10-9(11)7-2-1-6-3-4-12-8(6)5-7/h1-5,9H. The zero-order valence-electron chi connectivity index (χ0n) is 6.13. The maximum Gasteiger partial charge on any atom is 0.263 e. The maximum absolute atomic E-state index is 12.2. The van der Waals surface area contributed by atoms with E-state index in [1.54, 1.807) is 12.1 Å². The van der Waals surface area contributed by atoms with Crippen LogP contribution in [0.2, 0.25) is 0 Å². The van der Waals surface area contributed by atoms with Crippen molar-refractivity contribution in [3.8, 4) is 0 Å². The number of halogens is 2. The van der Waals surface area contributed by atoms with Crippen molar-refractivity contribution in [2.45, 2.75) is 6.43 Å². The quantitative estimate of drug-likeness (QED) is 0.631. The molecule has 2 aromatic rings. The zero-order chi connectivity index (χ0) is 8.55. The van der Waals surface area contributed by atoms with Gasteiger partial charge in [-0.25, -0.2) is 8.78 Å². The van der Waals surface area contributed by atoms with Gasteiger partial charge < -0.3 is 0 Å². The molecule has 0 nitrogen and oxygen atoms in total. The van der Waals surface area contributed by atoms with Crippen molar-refractivity contribution < 1.29 is 8.78 Å². The number of hydrogen-bond acceptors (Lipinski definition) is 1. The van der Waals surface area contributed by atoms with Crippen molar-refractivity contribution in [2.75, 3.05) is 0 Å². The highest BCUT2D eigenvalue weighted by atomic mass is 32.1.